The second-order valence-electron chi connectivity index (χ2n) is 5.16. The van der Waals surface area contributed by atoms with Crippen molar-refractivity contribution in [3.05, 3.63) is 46.6 Å². The van der Waals surface area contributed by atoms with E-state index in [0.717, 1.165) is 28.0 Å². The number of benzene rings is 1. The Bertz CT molecular complexity index is 824. The van der Waals surface area contributed by atoms with Crippen molar-refractivity contribution in [3.63, 3.8) is 0 Å². The highest BCUT2D eigenvalue weighted by atomic mass is 32.1. The molecule has 1 aromatic carbocycles. The number of carbonyl (C=O) groups excluding carboxylic acids is 1. The smallest absolute Gasteiger partial charge is 0.265 e. The van der Waals surface area contributed by atoms with Gasteiger partial charge >= 0.3 is 0 Å². The molecule has 6 nitrogen and oxygen atoms in total. The minimum atomic E-state index is -0.755. The maximum atomic E-state index is 12.0. The molecular weight excluding hydrogens is 300 g/mol. The summed E-state index contributed by atoms with van der Waals surface area (Å²) in [6.45, 7) is 1.88. The number of aromatic nitrogens is 3. The lowest BCUT2D eigenvalue weighted by molar-refractivity contribution is 0.0919. The topological polar surface area (TPSA) is 80.0 Å². The van der Waals surface area contributed by atoms with Crippen LogP contribution in [-0.2, 0) is 7.05 Å². The fourth-order valence-electron chi connectivity index (χ4n) is 2.33. The molecule has 1 amide bonds. The molecule has 114 valence electrons. The molecule has 7 heteroatoms. The van der Waals surface area contributed by atoms with E-state index in [9.17, 15) is 9.90 Å². The van der Waals surface area contributed by atoms with Gasteiger partial charge in [-0.05, 0) is 47.6 Å². The van der Waals surface area contributed by atoms with Crippen molar-refractivity contribution in [2.45, 2.75) is 13.0 Å². The van der Waals surface area contributed by atoms with Gasteiger partial charge in [-0.2, -0.15) is 0 Å². The van der Waals surface area contributed by atoms with E-state index in [0.29, 0.717) is 10.6 Å². The number of carbonyl (C=O) groups is 1. The van der Waals surface area contributed by atoms with Crippen LogP contribution in [0.2, 0.25) is 0 Å². The second kappa shape index (κ2) is 5.86. The fraction of sp³-hybridized carbons (Fsp3) is 0.267. The number of nitrogens with zero attached hydrogens (tertiary/aromatic N) is 3. The van der Waals surface area contributed by atoms with Crippen LogP contribution in [0.25, 0.3) is 10.9 Å². The molecule has 0 fully saturated rings. The normalized spacial score (nSPS) is 12.5. The molecule has 2 heterocycles. The predicted molar refractivity (Wildman–Crippen MR) is 84.9 cm³/mol. The van der Waals surface area contributed by atoms with Crippen LogP contribution in [0.5, 0.6) is 0 Å². The van der Waals surface area contributed by atoms with Crippen molar-refractivity contribution in [1.29, 1.82) is 0 Å². The van der Waals surface area contributed by atoms with Crippen molar-refractivity contribution in [3.8, 4) is 0 Å². The zero-order valence-electron chi connectivity index (χ0n) is 12.3. The average Bonchev–Trinajstić information content (AvgIpc) is 3.10. The molecule has 0 aliphatic heterocycles. The van der Waals surface area contributed by atoms with Crippen molar-refractivity contribution < 1.29 is 9.90 Å². The zero-order chi connectivity index (χ0) is 15.7. The van der Waals surface area contributed by atoms with Crippen LogP contribution < -0.4 is 5.32 Å². The number of hydrogen-bond acceptors (Lipinski definition) is 5. The first-order chi connectivity index (χ1) is 10.6. The monoisotopic (exact) mass is 316 g/mol. The molecule has 0 saturated carbocycles. The maximum absolute atomic E-state index is 12.0. The Balaban J connectivity index is 1.69. The molecule has 0 bridgehead atoms. The number of aryl methyl sites for hydroxylation is 2. The van der Waals surface area contributed by atoms with Crippen LogP contribution in [0.1, 0.15) is 27.0 Å². The Morgan fingerprint density at radius 3 is 3.00 bits per heavy atom. The van der Waals surface area contributed by atoms with Gasteiger partial charge in [-0.1, -0.05) is 10.6 Å². The van der Waals surface area contributed by atoms with Crippen molar-refractivity contribution in [2.75, 3.05) is 6.54 Å². The van der Waals surface area contributed by atoms with Crippen molar-refractivity contribution in [1.82, 2.24) is 19.5 Å². The van der Waals surface area contributed by atoms with Gasteiger partial charge in [0.05, 0.1) is 11.8 Å². The predicted octanol–water partition coefficient (Wildman–Crippen LogP) is 1.80. The van der Waals surface area contributed by atoms with Gasteiger partial charge in [-0.15, -0.1) is 5.10 Å². The molecule has 0 radical (unpaired) electrons. The minimum Gasteiger partial charge on any atom is -0.387 e. The van der Waals surface area contributed by atoms with Crippen LogP contribution in [0.15, 0.2) is 30.5 Å². The van der Waals surface area contributed by atoms with E-state index in [2.05, 4.69) is 14.9 Å². The van der Waals surface area contributed by atoms with Crippen LogP contribution in [0.3, 0.4) is 0 Å². The largest absolute Gasteiger partial charge is 0.387 e. The minimum absolute atomic E-state index is 0.147. The summed E-state index contributed by atoms with van der Waals surface area (Å²) in [5.74, 6) is -0.257. The molecule has 0 aliphatic carbocycles. The second-order valence-corrected chi connectivity index (χ2v) is 5.91. The summed E-state index contributed by atoms with van der Waals surface area (Å²) in [6.07, 6.45) is 1.22. The van der Waals surface area contributed by atoms with Gasteiger partial charge in [0, 0.05) is 25.3 Å². The van der Waals surface area contributed by atoms with E-state index in [1.807, 2.05) is 42.1 Å². The standard InChI is InChI=1S/C15H16N4O2S/c1-9-14(22-18-17-9)15(21)16-8-13(20)11-3-4-12-10(7-11)5-6-19(12)2/h3-7,13,20H,8H2,1-2H3,(H,16,21). The molecule has 0 spiro atoms. The first-order valence-corrected chi connectivity index (χ1v) is 7.64. The highest BCUT2D eigenvalue weighted by Gasteiger charge is 2.15. The molecule has 2 aromatic heterocycles. The number of rotatable bonds is 4. The summed E-state index contributed by atoms with van der Waals surface area (Å²) >= 11 is 1.05. The van der Waals surface area contributed by atoms with Crippen LogP contribution in [-0.4, -0.2) is 31.7 Å². The zero-order valence-corrected chi connectivity index (χ0v) is 13.1. The molecule has 1 unspecified atom stereocenters. The van der Waals surface area contributed by atoms with E-state index < -0.39 is 6.10 Å². The highest BCUT2D eigenvalue weighted by Crippen LogP contribution is 2.21. The molecule has 2 N–H and O–H groups in total. The van der Waals surface area contributed by atoms with Gasteiger partial charge in [-0.25, -0.2) is 0 Å². The lowest BCUT2D eigenvalue weighted by Crippen LogP contribution is -2.28. The third kappa shape index (κ3) is 2.72. The molecule has 3 aromatic rings. The Morgan fingerprint density at radius 2 is 2.27 bits per heavy atom. The number of fused-ring (bicyclic) bond motifs is 1. The van der Waals surface area contributed by atoms with Crippen LogP contribution in [0, 0.1) is 6.92 Å². The first kappa shape index (κ1) is 14.7. The summed E-state index contributed by atoms with van der Waals surface area (Å²) in [5.41, 5.74) is 2.48. The molecule has 3 rings (SSSR count). The summed E-state index contributed by atoms with van der Waals surface area (Å²) in [6, 6.07) is 7.77. The average molecular weight is 316 g/mol. The maximum Gasteiger partial charge on any atom is 0.265 e. The highest BCUT2D eigenvalue weighted by molar-refractivity contribution is 7.07. The Morgan fingerprint density at radius 1 is 1.45 bits per heavy atom. The molecule has 1 atom stereocenters. The Hall–Kier alpha value is -2.25. The van der Waals surface area contributed by atoms with E-state index in [1.54, 1.807) is 6.92 Å². The number of nitrogens with one attached hydrogen (secondary N) is 1. The summed E-state index contributed by atoms with van der Waals surface area (Å²) in [7, 11) is 1.98. The molecule has 22 heavy (non-hydrogen) atoms. The van der Waals surface area contributed by atoms with E-state index in [4.69, 9.17) is 0 Å². The number of hydrogen-bond donors (Lipinski definition) is 2. The van der Waals surface area contributed by atoms with Gasteiger partial charge in [0.1, 0.15) is 4.88 Å². The number of amides is 1. The quantitative estimate of drug-likeness (QED) is 0.769. The van der Waals surface area contributed by atoms with Gasteiger partial charge < -0.3 is 15.0 Å². The summed E-state index contributed by atoms with van der Waals surface area (Å²) in [5, 5.41) is 17.8. The first-order valence-electron chi connectivity index (χ1n) is 6.86. The van der Waals surface area contributed by atoms with Gasteiger partial charge in [0.2, 0.25) is 0 Å². The van der Waals surface area contributed by atoms with Crippen LogP contribution >= 0.6 is 11.5 Å². The van der Waals surface area contributed by atoms with Gasteiger partial charge in [0.25, 0.3) is 5.91 Å². The summed E-state index contributed by atoms with van der Waals surface area (Å²) in [4.78, 5) is 12.5. The van der Waals surface area contributed by atoms with Crippen molar-refractivity contribution >= 4 is 28.3 Å². The van der Waals surface area contributed by atoms with Gasteiger partial charge in [0.15, 0.2) is 0 Å². The van der Waals surface area contributed by atoms with Gasteiger partial charge in [-0.3, -0.25) is 4.79 Å². The van der Waals surface area contributed by atoms with E-state index in [-0.39, 0.29) is 12.5 Å². The number of aliphatic hydroxyl groups excluding tert-OH is 1. The third-order valence-electron chi connectivity index (χ3n) is 3.61. The fourth-order valence-corrected chi connectivity index (χ4v) is 2.91. The number of aliphatic hydroxyl groups is 1. The SMILES string of the molecule is Cc1nnsc1C(=O)NCC(O)c1ccc2c(ccn2C)c1. The molecule has 0 aliphatic rings. The Labute approximate surface area is 131 Å². The van der Waals surface area contributed by atoms with E-state index >= 15 is 0 Å². The summed E-state index contributed by atoms with van der Waals surface area (Å²) < 4.78 is 5.75. The lowest BCUT2D eigenvalue weighted by atomic mass is 10.1. The third-order valence-corrected chi connectivity index (χ3v) is 4.43. The van der Waals surface area contributed by atoms with E-state index in [1.165, 1.54) is 0 Å². The van der Waals surface area contributed by atoms with Crippen molar-refractivity contribution in [2.24, 2.45) is 7.05 Å². The Kier molecular flexibility index (Phi) is 3.91. The molecule has 0 saturated heterocycles. The molecular formula is C15H16N4O2S. The van der Waals surface area contributed by atoms with Crippen LogP contribution in [0.4, 0.5) is 0 Å². The lowest BCUT2D eigenvalue weighted by Gasteiger charge is -2.12.